The van der Waals surface area contributed by atoms with Crippen LogP contribution in [0, 0.1) is 11.6 Å². The Bertz CT molecular complexity index is 733. The van der Waals surface area contributed by atoms with Crippen molar-refractivity contribution < 1.29 is 13.6 Å². The molecule has 0 saturated heterocycles. The van der Waals surface area contributed by atoms with Crippen LogP contribution in [0.5, 0.6) is 0 Å². The van der Waals surface area contributed by atoms with E-state index in [1.165, 1.54) is 11.6 Å². The van der Waals surface area contributed by atoms with Crippen molar-refractivity contribution >= 4 is 17.3 Å². The van der Waals surface area contributed by atoms with Gasteiger partial charge in [-0.15, -0.1) is 0 Å². The molecule has 1 N–H and O–H groups in total. The van der Waals surface area contributed by atoms with Gasteiger partial charge >= 0.3 is 0 Å². The lowest BCUT2D eigenvalue weighted by atomic mass is 10.00. The second-order valence-corrected chi connectivity index (χ2v) is 5.72. The lowest BCUT2D eigenvalue weighted by molar-refractivity contribution is -0.117. The van der Waals surface area contributed by atoms with E-state index < -0.39 is 17.7 Å². The molecule has 2 aromatic rings. The number of anilines is 2. The normalized spacial score (nSPS) is 15.0. The van der Waals surface area contributed by atoms with Crippen molar-refractivity contribution in [1.29, 1.82) is 0 Å². The van der Waals surface area contributed by atoms with Gasteiger partial charge in [0.2, 0.25) is 5.91 Å². The van der Waals surface area contributed by atoms with Crippen LogP contribution in [0.1, 0.15) is 18.9 Å². The van der Waals surface area contributed by atoms with Crippen LogP contribution in [0.15, 0.2) is 42.5 Å². The molecule has 0 aliphatic carbocycles. The first-order chi connectivity index (χ1) is 11.1. The summed E-state index contributed by atoms with van der Waals surface area (Å²) in [5.41, 5.74) is 2.55. The molecule has 3 nitrogen and oxygen atoms in total. The third-order valence-electron chi connectivity index (χ3n) is 4.18. The predicted molar refractivity (Wildman–Crippen MR) is 86.6 cm³/mol. The van der Waals surface area contributed by atoms with Gasteiger partial charge in [-0.1, -0.05) is 18.2 Å². The van der Waals surface area contributed by atoms with E-state index in [2.05, 4.69) is 11.4 Å². The molecule has 1 aliphatic heterocycles. The number of carbonyl (C=O) groups is 1. The second kappa shape index (κ2) is 6.36. The summed E-state index contributed by atoms with van der Waals surface area (Å²) in [7, 11) is 0. The molecular formula is C18H18F2N2O. The van der Waals surface area contributed by atoms with Crippen LogP contribution in [-0.2, 0) is 11.2 Å². The average Bonchev–Trinajstić information content (AvgIpc) is 2.57. The Balaban J connectivity index is 1.76. The average molecular weight is 316 g/mol. The topological polar surface area (TPSA) is 32.3 Å². The number of aryl methyl sites for hydroxylation is 1. The van der Waals surface area contributed by atoms with Gasteiger partial charge in [0, 0.05) is 24.0 Å². The summed E-state index contributed by atoms with van der Waals surface area (Å²) in [6.07, 6.45) is 1.99. The minimum Gasteiger partial charge on any atom is -0.360 e. The largest absolute Gasteiger partial charge is 0.360 e. The molecule has 1 aliphatic rings. The maximum atomic E-state index is 13.2. The number of nitrogens with one attached hydrogen (secondary N) is 1. The van der Waals surface area contributed by atoms with Gasteiger partial charge < -0.3 is 10.2 Å². The van der Waals surface area contributed by atoms with Crippen LogP contribution in [0.3, 0.4) is 0 Å². The molecule has 5 heteroatoms. The van der Waals surface area contributed by atoms with Crippen molar-refractivity contribution in [3.05, 3.63) is 59.7 Å². The molecule has 0 bridgehead atoms. The fraction of sp³-hybridized carbons (Fsp3) is 0.278. The first-order valence-corrected chi connectivity index (χ1v) is 7.67. The highest BCUT2D eigenvalue weighted by Gasteiger charge is 2.25. The quantitative estimate of drug-likeness (QED) is 0.935. The predicted octanol–water partition coefficient (Wildman–Crippen LogP) is 3.74. The number of hydrogen-bond acceptors (Lipinski definition) is 2. The van der Waals surface area contributed by atoms with Gasteiger partial charge in [0.1, 0.15) is 6.04 Å². The number of halogens is 2. The van der Waals surface area contributed by atoms with Crippen LogP contribution in [0.4, 0.5) is 20.2 Å². The third-order valence-corrected chi connectivity index (χ3v) is 4.18. The van der Waals surface area contributed by atoms with Crippen molar-refractivity contribution in [3.8, 4) is 0 Å². The van der Waals surface area contributed by atoms with Crippen molar-refractivity contribution in [2.75, 3.05) is 16.8 Å². The molecule has 120 valence electrons. The SMILES string of the molecule is C[C@@H](C(=O)Nc1ccc(F)c(F)c1)N1CCCc2ccccc21. The maximum absolute atomic E-state index is 13.2. The molecule has 0 unspecified atom stereocenters. The number of amides is 1. The Hall–Kier alpha value is -2.43. The highest BCUT2D eigenvalue weighted by atomic mass is 19.2. The van der Waals surface area contributed by atoms with Gasteiger partial charge in [-0.2, -0.15) is 0 Å². The van der Waals surface area contributed by atoms with E-state index in [1.54, 1.807) is 0 Å². The van der Waals surface area contributed by atoms with E-state index in [0.29, 0.717) is 0 Å². The molecule has 0 fully saturated rings. The van der Waals surface area contributed by atoms with Crippen molar-refractivity contribution in [3.63, 3.8) is 0 Å². The molecular weight excluding hydrogens is 298 g/mol. The maximum Gasteiger partial charge on any atom is 0.246 e. The summed E-state index contributed by atoms with van der Waals surface area (Å²) in [5, 5.41) is 2.65. The summed E-state index contributed by atoms with van der Waals surface area (Å²) in [6, 6.07) is 11.0. The van der Waals surface area contributed by atoms with Gasteiger partial charge in [-0.25, -0.2) is 8.78 Å². The monoisotopic (exact) mass is 316 g/mol. The molecule has 23 heavy (non-hydrogen) atoms. The summed E-state index contributed by atoms with van der Waals surface area (Å²) < 4.78 is 26.2. The molecule has 2 aromatic carbocycles. The van der Waals surface area contributed by atoms with Gasteiger partial charge in [-0.3, -0.25) is 4.79 Å². The summed E-state index contributed by atoms with van der Waals surface area (Å²) >= 11 is 0. The molecule has 1 atom stereocenters. The minimum atomic E-state index is -0.973. The number of benzene rings is 2. The van der Waals surface area contributed by atoms with E-state index in [1.807, 2.05) is 30.0 Å². The van der Waals surface area contributed by atoms with E-state index in [4.69, 9.17) is 0 Å². The number of carbonyl (C=O) groups excluding carboxylic acids is 1. The van der Waals surface area contributed by atoms with Crippen LogP contribution < -0.4 is 10.2 Å². The van der Waals surface area contributed by atoms with Gasteiger partial charge in [0.25, 0.3) is 0 Å². The van der Waals surface area contributed by atoms with Gasteiger partial charge in [-0.05, 0) is 43.5 Å². The van der Waals surface area contributed by atoms with Gasteiger partial charge in [0.15, 0.2) is 11.6 Å². The van der Waals surface area contributed by atoms with Crippen LogP contribution in [-0.4, -0.2) is 18.5 Å². The molecule has 0 spiro atoms. The number of nitrogens with zero attached hydrogens (tertiary/aromatic N) is 1. The first-order valence-electron chi connectivity index (χ1n) is 7.67. The fourth-order valence-electron chi connectivity index (χ4n) is 2.93. The highest BCUT2D eigenvalue weighted by molar-refractivity contribution is 5.96. The number of hydrogen-bond donors (Lipinski definition) is 1. The summed E-state index contributed by atoms with van der Waals surface area (Å²) in [5.74, 6) is -2.15. The van der Waals surface area contributed by atoms with E-state index >= 15 is 0 Å². The van der Waals surface area contributed by atoms with Crippen molar-refractivity contribution in [1.82, 2.24) is 0 Å². The first kappa shape index (κ1) is 15.5. The smallest absolute Gasteiger partial charge is 0.246 e. The van der Waals surface area contributed by atoms with E-state index in [0.717, 1.165) is 37.2 Å². The van der Waals surface area contributed by atoms with E-state index in [-0.39, 0.29) is 11.6 Å². The Morgan fingerprint density at radius 2 is 1.96 bits per heavy atom. The van der Waals surface area contributed by atoms with Crippen molar-refractivity contribution in [2.24, 2.45) is 0 Å². The van der Waals surface area contributed by atoms with Crippen LogP contribution >= 0.6 is 0 Å². The highest BCUT2D eigenvalue weighted by Crippen LogP contribution is 2.28. The molecule has 1 amide bonds. The van der Waals surface area contributed by atoms with E-state index in [9.17, 15) is 13.6 Å². The van der Waals surface area contributed by atoms with Crippen LogP contribution in [0.2, 0.25) is 0 Å². The summed E-state index contributed by atoms with van der Waals surface area (Å²) in [6.45, 7) is 2.61. The minimum absolute atomic E-state index is 0.243. The zero-order chi connectivity index (χ0) is 16.4. The van der Waals surface area contributed by atoms with Gasteiger partial charge in [0.05, 0.1) is 0 Å². The lowest BCUT2D eigenvalue weighted by Crippen LogP contribution is -2.44. The number of rotatable bonds is 3. The fourth-order valence-corrected chi connectivity index (χ4v) is 2.93. The molecule has 0 radical (unpaired) electrons. The van der Waals surface area contributed by atoms with Crippen molar-refractivity contribution in [2.45, 2.75) is 25.8 Å². The zero-order valence-electron chi connectivity index (χ0n) is 12.9. The Kier molecular flexibility index (Phi) is 4.28. The summed E-state index contributed by atoms with van der Waals surface area (Å²) in [4.78, 5) is 14.5. The standard InChI is InChI=1S/C18H18F2N2O/c1-12(18(23)21-14-8-9-15(19)16(20)11-14)22-10-4-6-13-5-2-3-7-17(13)22/h2-3,5,7-9,11-12H,4,6,10H2,1H3,(H,21,23)/t12-/m0/s1. The zero-order valence-corrected chi connectivity index (χ0v) is 12.9. The molecule has 3 rings (SSSR count). The Morgan fingerprint density at radius 1 is 1.17 bits per heavy atom. The molecule has 0 saturated carbocycles. The Labute approximate surface area is 133 Å². The Morgan fingerprint density at radius 3 is 2.74 bits per heavy atom. The lowest BCUT2D eigenvalue weighted by Gasteiger charge is -2.35. The molecule has 1 heterocycles. The third kappa shape index (κ3) is 3.18. The number of para-hydroxylation sites is 1. The second-order valence-electron chi connectivity index (χ2n) is 5.72. The van der Waals surface area contributed by atoms with Crippen LogP contribution in [0.25, 0.3) is 0 Å². The number of fused-ring (bicyclic) bond motifs is 1. The molecule has 0 aromatic heterocycles.